The van der Waals surface area contributed by atoms with E-state index in [1.165, 1.54) is 16.0 Å². The molecular weight excluding hydrogens is 266 g/mol. The van der Waals surface area contributed by atoms with Crippen molar-refractivity contribution in [2.75, 3.05) is 13.1 Å². The summed E-state index contributed by atoms with van der Waals surface area (Å²) in [6, 6.07) is 6.44. The Balaban J connectivity index is 1.97. The number of aryl methyl sites for hydroxylation is 2. The Hall–Kier alpha value is -0.960. The van der Waals surface area contributed by atoms with E-state index in [1.54, 1.807) is 11.8 Å². The molecule has 0 bridgehead atoms. The molecular formula is C17H25NOS. The smallest absolute Gasteiger partial charge is 0.235 e. The van der Waals surface area contributed by atoms with Crippen molar-refractivity contribution in [1.82, 2.24) is 4.90 Å². The minimum Gasteiger partial charge on any atom is -0.342 e. The van der Waals surface area contributed by atoms with Gasteiger partial charge in [0.25, 0.3) is 0 Å². The zero-order chi connectivity index (χ0) is 14.7. The molecule has 0 aliphatic carbocycles. The third-order valence-corrected chi connectivity index (χ3v) is 5.34. The lowest BCUT2D eigenvalue weighted by Gasteiger charge is -2.32. The van der Waals surface area contributed by atoms with Gasteiger partial charge in [0.15, 0.2) is 0 Å². The standard InChI is InChI=1S/C17H25NOS/c1-12-7-9-18(10-8-12)17(19)15(4)20-16-6-5-13(2)11-14(16)3/h5-6,11-12,15H,7-10H2,1-4H3. The minimum absolute atomic E-state index is 0.00446. The SMILES string of the molecule is Cc1ccc(SC(C)C(=O)N2CCC(C)CC2)c(C)c1. The van der Waals surface area contributed by atoms with Crippen LogP contribution in [0, 0.1) is 19.8 Å². The Morgan fingerprint density at radius 3 is 2.55 bits per heavy atom. The van der Waals surface area contributed by atoms with Gasteiger partial charge in [-0.2, -0.15) is 0 Å². The predicted octanol–water partition coefficient (Wildman–Crippen LogP) is 4.04. The summed E-state index contributed by atoms with van der Waals surface area (Å²) in [6.45, 7) is 10.4. The van der Waals surface area contributed by atoms with Gasteiger partial charge >= 0.3 is 0 Å². The van der Waals surface area contributed by atoms with Gasteiger partial charge in [-0.15, -0.1) is 11.8 Å². The van der Waals surface area contributed by atoms with Crippen LogP contribution in [0.3, 0.4) is 0 Å². The van der Waals surface area contributed by atoms with Crippen LogP contribution in [0.5, 0.6) is 0 Å². The van der Waals surface area contributed by atoms with Crippen molar-refractivity contribution in [2.24, 2.45) is 5.92 Å². The fraction of sp³-hybridized carbons (Fsp3) is 0.588. The molecule has 1 heterocycles. The lowest BCUT2D eigenvalue weighted by molar-refractivity contribution is -0.131. The maximum absolute atomic E-state index is 12.5. The maximum Gasteiger partial charge on any atom is 0.235 e. The van der Waals surface area contributed by atoms with Gasteiger partial charge in [0.2, 0.25) is 5.91 Å². The van der Waals surface area contributed by atoms with Crippen molar-refractivity contribution in [3.05, 3.63) is 29.3 Å². The first-order valence-corrected chi connectivity index (χ1v) is 8.38. The topological polar surface area (TPSA) is 20.3 Å². The number of carbonyl (C=O) groups is 1. The summed E-state index contributed by atoms with van der Waals surface area (Å²) in [4.78, 5) is 15.8. The van der Waals surface area contributed by atoms with E-state index < -0.39 is 0 Å². The van der Waals surface area contributed by atoms with Crippen LogP contribution in [0.15, 0.2) is 23.1 Å². The molecule has 1 aromatic carbocycles. The first-order chi connectivity index (χ1) is 9.47. The average Bonchev–Trinajstić information content (AvgIpc) is 2.42. The van der Waals surface area contributed by atoms with Gasteiger partial charge in [0.1, 0.15) is 0 Å². The second-order valence-electron chi connectivity index (χ2n) is 6.04. The summed E-state index contributed by atoms with van der Waals surface area (Å²) in [5, 5.41) is 0.00446. The fourth-order valence-corrected chi connectivity index (χ4v) is 3.68. The van der Waals surface area contributed by atoms with Crippen molar-refractivity contribution in [3.8, 4) is 0 Å². The second-order valence-corrected chi connectivity index (χ2v) is 7.42. The fourth-order valence-electron chi connectivity index (χ4n) is 2.66. The first kappa shape index (κ1) is 15.4. The molecule has 1 fully saturated rings. The van der Waals surface area contributed by atoms with E-state index in [9.17, 15) is 4.79 Å². The van der Waals surface area contributed by atoms with Crippen LogP contribution in [-0.2, 0) is 4.79 Å². The minimum atomic E-state index is 0.00446. The molecule has 1 unspecified atom stereocenters. The van der Waals surface area contributed by atoms with E-state index in [0.29, 0.717) is 5.91 Å². The zero-order valence-corrected chi connectivity index (χ0v) is 13.8. The molecule has 0 radical (unpaired) electrons. The third-order valence-electron chi connectivity index (χ3n) is 4.08. The lowest BCUT2D eigenvalue weighted by atomic mass is 9.99. The summed E-state index contributed by atoms with van der Waals surface area (Å²) in [5.41, 5.74) is 2.54. The first-order valence-electron chi connectivity index (χ1n) is 7.50. The van der Waals surface area contributed by atoms with Crippen LogP contribution in [0.1, 0.15) is 37.8 Å². The van der Waals surface area contributed by atoms with Gasteiger partial charge in [-0.05, 0) is 51.2 Å². The second kappa shape index (κ2) is 6.66. The monoisotopic (exact) mass is 291 g/mol. The van der Waals surface area contributed by atoms with E-state index >= 15 is 0 Å². The van der Waals surface area contributed by atoms with Crippen molar-refractivity contribution in [2.45, 2.75) is 50.7 Å². The largest absolute Gasteiger partial charge is 0.342 e. The molecule has 20 heavy (non-hydrogen) atoms. The quantitative estimate of drug-likeness (QED) is 0.783. The maximum atomic E-state index is 12.5. The van der Waals surface area contributed by atoms with Crippen molar-refractivity contribution in [1.29, 1.82) is 0 Å². The van der Waals surface area contributed by atoms with E-state index in [0.717, 1.165) is 31.8 Å². The highest BCUT2D eigenvalue weighted by molar-refractivity contribution is 8.00. The molecule has 1 aromatic rings. The molecule has 1 saturated heterocycles. The molecule has 0 aromatic heterocycles. The van der Waals surface area contributed by atoms with E-state index in [2.05, 4.69) is 39.0 Å². The Bertz CT molecular complexity index is 478. The molecule has 0 N–H and O–H groups in total. The van der Waals surface area contributed by atoms with Crippen LogP contribution in [0.2, 0.25) is 0 Å². The molecule has 1 amide bonds. The number of rotatable bonds is 3. The number of thioether (sulfide) groups is 1. The average molecular weight is 291 g/mol. The van der Waals surface area contributed by atoms with E-state index in [1.807, 2.05) is 11.8 Å². The highest BCUT2D eigenvalue weighted by atomic mass is 32.2. The number of carbonyl (C=O) groups excluding carboxylic acids is 1. The van der Waals surface area contributed by atoms with Crippen molar-refractivity contribution < 1.29 is 4.79 Å². The molecule has 1 atom stereocenters. The predicted molar refractivity (Wildman–Crippen MR) is 86.2 cm³/mol. The molecule has 1 aliphatic heterocycles. The number of hydrogen-bond acceptors (Lipinski definition) is 2. The van der Waals surface area contributed by atoms with Crippen LogP contribution >= 0.6 is 11.8 Å². The number of piperidine rings is 1. The highest BCUT2D eigenvalue weighted by Crippen LogP contribution is 2.29. The molecule has 2 rings (SSSR count). The van der Waals surface area contributed by atoms with Crippen LogP contribution in [0.25, 0.3) is 0 Å². The van der Waals surface area contributed by atoms with Crippen LogP contribution in [-0.4, -0.2) is 29.1 Å². The van der Waals surface area contributed by atoms with Crippen molar-refractivity contribution in [3.63, 3.8) is 0 Å². The van der Waals surface area contributed by atoms with Gasteiger partial charge in [-0.1, -0.05) is 24.6 Å². The van der Waals surface area contributed by atoms with Crippen molar-refractivity contribution >= 4 is 17.7 Å². The lowest BCUT2D eigenvalue weighted by Crippen LogP contribution is -2.41. The molecule has 2 nitrogen and oxygen atoms in total. The summed E-state index contributed by atoms with van der Waals surface area (Å²) in [7, 11) is 0. The Kier molecular flexibility index (Phi) is 5.14. The number of nitrogens with zero attached hydrogens (tertiary/aromatic N) is 1. The van der Waals surface area contributed by atoms with Gasteiger partial charge in [0.05, 0.1) is 5.25 Å². The van der Waals surface area contributed by atoms with Gasteiger partial charge in [-0.25, -0.2) is 0 Å². The van der Waals surface area contributed by atoms with Crippen LogP contribution in [0.4, 0.5) is 0 Å². The molecule has 110 valence electrons. The normalized spacial score (nSPS) is 18.1. The third kappa shape index (κ3) is 3.78. The van der Waals surface area contributed by atoms with Gasteiger partial charge in [-0.3, -0.25) is 4.79 Å². The Morgan fingerprint density at radius 2 is 1.95 bits per heavy atom. The molecule has 0 spiro atoms. The zero-order valence-electron chi connectivity index (χ0n) is 13.0. The van der Waals surface area contributed by atoms with Gasteiger partial charge in [0, 0.05) is 18.0 Å². The van der Waals surface area contributed by atoms with Gasteiger partial charge < -0.3 is 4.90 Å². The number of benzene rings is 1. The number of hydrogen-bond donors (Lipinski definition) is 0. The molecule has 0 saturated carbocycles. The summed E-state index contributed by atoms with van der Waals surface area (Å²) >= 11 is 1.69. The van der Waals surface area contributed by atoms with Crippen LogP contribution < -0.4 is 0 Å². The summed E-state index contributed by atoms with van der Waals surface area (Å²) < 4.78 is 0. The molecule has 3 heteroatoms. The Morgan fingerprint density at radius 1 is 1.30 bits per heavy atom. The summed E-state index contributed by atoms with van der Waals surface area (Å²) in [6.07, 6.45) is 2.29. The molecule has 1 aliphatic rings. The van der Waals surface area contributed by atoms with E-state index in [4.69, 9.17) is 0 Å². The van der Waals surface area contributed by atoms with E-state index in [-0.39, 0.29) is 5.25 Å². The Labute approximate surface area is 126 Å². The number of likely N-dealkylation sites (tertiary alicyclic amines) is 1. The number of amides is 1. The highest BCUT2D eigenvalue weighted by Gasteiger charge is 2.25. The summed E-state index contributed by atoms with van der Waals surface area (Å²) in [5.74, 6) is 1.06.